The van der Waals surface area contributed by atoms with Crippen molar-refractivity contribution in [1.82, 2.24) is 10.3 Å². The number of aromatic nitrogens is 1. The highest BCUT2D eigenvalue weighted by atomic mass is 32.1. The minimum Gasteiger partial charge on any atom is -0.457 e. The van der Waals surface area contributed by atoms with Crippen LogP contribution in [0.1, 0.15) is 12.7 Å². The standard InChI is InChI=1S/C14H20N6O3S/c1-2-22-6-5-17-8-19-12-11(20-14(16)24-12)10-4-3-9(23-10)7-18-13(15)21/h3-4,8H,2,5-7H2,1H3,(H2,16,20)(H,17,19)(H3,15,18,21). The molecule has 0 saturated carbocycles. The van der Waals surface area contributed by atoms with Gasteiger partial charge in [0.15, 0.2) is 10.9 Å². The number of rotatable bonds is 9. The number of carbonyl (C=O) groups excluding carboxylic acids is 1. The Bertz CT molecular complexity index is 696. The van der Waals surface area contributed by atoms with Gasteiger partial charge in [-0.15, -0.1) is 0 Å². The summed E-state index contributed by atoms with van der Waals surface area (Å²) in [6.07, 6.45) is 1.58. The van der Waals surface area contributed by atoms with Crippen molar-refractivity contribution in [2.24, 2.45) is 10.7 Å². The maximum Gasteiger partial charge on any atom is 0.312 e. The minimum absolute atomic E-state index is 0.205. The van der Waals surface area contributed by atoms with Gasteiger partial charge in [-0.1, -0.05) is 11.3 Å². The van der Waals surface area contributed by atoms with Crippen LogP contribution in [0.25, 0.3) is 11.5 Å². The Morgan fingerprint density at radius 3 is 3.12 bits per heavy atom. The Morgan fingerprint density at radius 2 is 2.38 bits per heavy atom. The summed E-state index contributed by atoms with van der Waals surface area (Å²) in [5.74, 6) is 1.10. The first kappa shape index (κ1) is 17.8. The molecule has 0 aliphatic carbocycles. The lowest BCUT2D eigenvalue weighted by atomic mass is 10.3. The highest BCUT2D eigenvalue weighted by Crippen LogP contribution is 2.35. The second kappa shape index (κ2) is 8.89. The zero-order valence-electron chi connectivity index (χ0n) is 13.2. The molecule has 2 heterocycles. The van der Waals surface area contributed by atoms with E-state index in [0.717, 1.165) is 5.00 Å². The fourth-order valence-corrected chi connectivity index (χ4v) is 2.51. The molecule has 0 radical (unpaired) electrons. The number of nitrogens with two attached hydrogens (primary N) is 2. The van der Waals surface area contributed by atoms with E-state index in [0.29, 0.717) is 42.1 Å². The molecule has 10 heteroatoms. The van der Waals surface area contributed by atoms with Crippen LogP contribution < -0.4 is 22.1 Å². The third kappa shape index (κ3) is 5.25. The van der Waals surface area contributed by atoms with E-state index in [1.54, 1.807) is 18.5 Å². The number of nitrogen functional groups attached to an aromatic ring is 1. The zero-order valence-corrected chi connectivity index (χ0v) is 14.1. The van der Waals surface area contributed by atoms with Gasteiger partial charge in [-0.2, -0.15) is 0 Å². The van der Waals surface area contributed by atoms with Gasteiger partial charge >= 0.3 is 6.03 Å². The Hall–Kier alpha value is -2.59. The first-order valence-electron chi connectivity index (χ1n) is 7.31. The number of thiazole rings is 1. The van der Waals surface area contributed by atoms with Crippen molar-refractivity contribution in [3.05, 3.63) is 17.9 Å². The number of nitrogens with one attached hydrogen (secondary N) is 2. The van der Waals surface area contributed by atoms with Crippen LogP contribution in [0.5, 0.6) is 0 Å². The van der Waals surface area contributed by atoms with Gasteiger partial charge in [0.25, 0.3) is 0 Å². The lowest BCUT2D eigenvalue weighted by Gasteiger charge is -2.00. The van der Waals surface area contributed by atoms with Gasteiger partial charge in [0.05, 0.1) is 26.0 Å². The number of primary amides is 1. The average Bonchev–Trinajstić information content (AvgIpc) is 3.15. The predicted molar refractivity (Wildman–Crippen MR) is 94.1 cm³/mol. The molecule has 2 aromatic heterocycles. The molecule has 6 N–H and O–H groups in total. The van der Waals surface area contributed by atoms with Gasteiger partial charge in [0, 0.05) is 6.61 Å². The van der Waals surface area contributed by atoms with Crippen LogP contribution in [-0.2, 0) is 11.3 Å². The quantitative estimate of drug-likeness (QED) is 0.307. The van der Waals surface area contributed by atoms with E-state index < -0.39 is 6.03 Å². The molecule has 9 nitrogen and oxygen atoms in total. The van der Waals surface area contributed by atoms with E-state index in [2.05, 4.69) is 20.6 Å². The smallest absolute Gasteiger partial charge is 0.312 e. The zero-order chi connectivity index (χ0) is 17.4. The summed E-state index contributed by atoms with van der Waals surface area (Å²) in [7, 11) is 0. The molecule has 0 unspecified atom stereocenters. The average molecular weight is 352 g/mol. The molecule has 0 aromatic carbocycles. The molecule has 130 valence electrons. The van der Waals surface area contributed by atoms with Crippen molar-refractivity contribution in [1.29, 1.82) is 0 Å². The van der Waals surface area contributed by atoms with E-state index in [1.807, 2.05) is 6.92 Å². The van der Waals surface area contributed by atoms with Gasteiger partial charge < -0.3 is 31.3 Å². The molecule has 0 spiro atoms. The Balaban J connectivity index is 2.01. The van der Waals surface area contributed by atoms with Crippen molar-refractivity contribution in [2.45, 2.75) is 13.5 Å². The van der Waals surface area contributed by atoms with Crippen LogP contribution >= 0.6 is 11.3 Å². The molecular formula is C14H20N6O3S. The summed E-state index contributed by atoms with van der Waals surface area (Å²) in [6, 6.07) is 2.88. The van der Waals surface area contributed by atoms with E-state index in [1.165, 1.54) is 11.3 Å². The summed E-state index contributed by atoms with van der Waals surface area (Å²) in [5, 5.41) is 6.63. The Kier molecular flexibility index (Phi) is 6.58. The first-order chi connectivity index (χ1) is 11.6. The van der Waals surface area contributed by atoms with E-state index >= 15 is 0 Å². The summed E-state index contributed by atoms with van der Waals surface area (Å²) >= 11 is 1.29. The topological polar surface area (TPSA) is 141 Å². The maximum atomic E-state index is 10.7. The third-order valence-electron chi connectivity index (χ3n) is 2.83. The van der Waals surface area contributed by atoms with Crippen molar-refractivity contribution < 1.29 is 13.9 Å². The van der Waals surface area contributed by atoms with Crippen LogP contribution in [0.2, 0.25) is 0 Å². The van der Waals surface area contributed by atoms with Crippen molar-refractivity contribution >= 4 is 33.8 Å². The molecule has 0 aliphatic rings. The largest absolute Gasteiger partial charge is 0.457 e. The third-order valence-corrected chi connectivity index (χ3v) is 3.65. The Labute approximate surface area is 143 Å². The predicted octanol–water partition coefficient (Wildman–Crippen LogP) is 1.63. The number of furan rings is 1. The second-order valence-corrected chi connectivity index (χ2v) is 5.62. The molecule has 2 amide bonds. The lowest BCUT2D eigenvalue weighted by molar-refractivity contribution is 0.156. The Morgan fingerprint density at radius 1 is 1.54 bits per heavy atom. The maximum absolute atomic E-state index is 10.7. The van der Waals surface area contributed by atoms with Crippen LogP contribution in [0.15, 0.2) is 21.5 Å². The molecular weight excluding hydrogens is 332 g/mol. The summed E-state index contributed by atoms with van der Waals surface area (Å²) in [6.45, 7) is 3.94. The molecule has 0 saturated heterocycles. The number of amides is 2. The fourth-order valence-electron chi connectivity index (χ4n) is 1.81. The fraction of sp³-hybridized carbons (Fsp3) is 0.357. The highest BCUT2D eigenvalue weighted by Gasteiger charge is 2.15. The molecule has 0 atom stereocenters. The first-order valence-corrected chi connectivity index (χ1v) is 8.13. The molecule has 2 aromatic rings. The highest BCUT2D eigenvalue weighted by molar-refractivity contribution is 7.20. The van der Waals surface area contributed by atoms with E-state index in [-0.39, 0.29) is 6.54 Å². The molecule has 24 heavy (non-hydrogen) atoms. The van der Waals surface area contributed by atoms with Crippen molar-refractivity contribution in [2.75, 3.05) is 30.8 Å². The number of aliphatic imine (C=N–C) groups is 1. The second-order valence-electron chi connectivity index (χ2n) is 4.59. The SMILES string of the molecule is CCOCCN=CNc1sc(N)nc1-c1ccc(CNC(N)=O)o1. The minimum atomic E-state index is -0.614. The molecule has 0 aliphatic heterocycles. The van der Waals surface area contributed by atoms with Crippen LogP contribution in [-0.4, -0.2) is 37.1 Å². The molecule has 0 bridgehead atoms. The van der Waals surface area contributed by atoms with Crippen LogP contribution in [0.3, 0.4) is 0 Å². The summed E-state index contributed by atoms with van der Waals surface area (Å²) in [5.41, 5.74) is 11.4. The molecule has 2 rings (SSSR count). The number of hydrogen-bond donors (Lipinski definition) is 4. The van der Waals surface area contributed by atoms with Gasteiger partial charge in [0.1, 0.15) is 16.5 Å². The van der Waals surface area contributed by atoms with Crippen molar-refractivity contribution in [3.63, 3.8) is 0 Å². The normalized spacial score (nSPS) is 11.0. The monoisotopic (exact) mass is 352 g/mol. The van der Waals surface area contributed by atoms with Gasteiger partial charge in [-0.25, -0.2) is 9.78 Å². The van der Waals surface area contributed by atoms with Gasteiger partial charge in [-0.3, -0.25) is 4.99 Å². The summed E-state index contributed by atoms with van der Waals surface area (Å²) in [4.78, 5) is 19.2. The number of nitrogens with zero attached hydrogens (tertiary/aromatic N) is 2. The number of hydrogen-bond acceptors (Lipinski definition) is 7. The lowest BCUT2D eigenvalue weighted by Crippen LogP contribution is -2.28. The molecule has 0 fully saturated rings. The van der Waals surface area contributed by atoms with E-state index in [4.69, 9.17) is 20.6 Å². The number of anilines is 2. The van der Waals surface area contributed by atoms with Crippen LogP contribution in [0, 0.1) is 0 Å². The van der Waals surface area contributed by atoms with Gasteiger partial charge in [-0.05, 0) is 19.1 Å². The van der Waals surface area contributed by atoms with Crippen molar-refractivity contribution in [3.8, 4) is 11.5 Å². The van der Waals surface area contributed by atoms with E-state index in [9.17, 15) is 4.79 Å². The number of urea groups is 1. The van der Waals surface area contributed by atoms with Crippen LogP contribution in [0.4, 0.5) is 14.9 Å². The van der Waals surface area contributed by atoms with Gasteiger partial charge in [0.2, 0.25) is 0 Å². The number of ether oxygens (including phenoxy) is 1. The number of carbonyl (C=O) groups is 1. The summed E-state index contributed by atoms with van der Waals surface area (Å²) < 4.78 is 10.8.